The summed E-state index contributed by atoms with van der Waals surface area (Å²) in [6.45, 7) is 5.85. The summed E-state index contributed by atoms with van der Waals surface area (Å²) in [4.78, 5) is 17.1. The average Bonchev–Trinajstić information content (AvgIpc) is 2.29. The fourth-order valence-electron chi connectivity index (χ4n) is 1.66. The van der Waals surface area contributed by atoms with Crippen LogP contribution in [0.15, 0.2) is 12.1 Å². The van der Waals surface area contributed by atoms with Crippen LogP contribution in [-0.4, -0.2) is 24.6 Å². The summed E-state index contributed by atoms with van der Waals surface area (Å²) < 4.78 is 13.9. The second-order valence-corrected chi connectivity index (χ2v) is 4.64. The van der Waals surface area contributed by atoms with Crippen LogP contribution in [0.2, 0.25) is 0 Å². The van der Waals surface area contributed by atoms with E-state index in [1.54, 1.807) is 6.92 Å². The van der Waals surface area contributed by atoms with Gasteiger partial charge in [0.25, 0.3) is 5.91 Å². The van der Waals surface area contributed by atoms with Crippen LogP contribution in [0, 0.1) is 18.7 Å². The quantitative estimate of drug-likeness (QED) is 0.663. The molecule has 0 bridgehead atoms. The summed E-state index contributed by atoms with van der Waals surface area (Å²) in [6, 6.07) is 2.82. The van der Waals surface area contributed by atoms with Gasteiger partial charge in [0.1, 0.15) is 5.82 Å². The molecule has 5 heteroatoms. The standard InChI is InChI=1S/C13H19FN2O2/c1-8(2)7-16(18-4)13(17)11-6-10(15)5-9(3)12(11)14/h5-6,8H,7,15H2,1-4H3. The first-order valence-corrected chi connectivity index (χ1v) is 5.78. The minimum absolute atomic E-state index is 0.0602. The second-order valence-electron chi connectivity index (χ2n) is 4.64. The Labute approximate surface area is 106 Å². The summed E-state index contributed by atoms with van der Waals surface area (Å²) >= 11 is 0. The third-order valence-electron chi connectivity index (χ3n) is 2.49. The molecule has 2 N–H and O–H groups in total. The minimum atomic E-state index is -0.556. The number of carbonyl (C=O) groups excluding carboxylic acids is 1. The number of hydroxylamine groups is 2. The number of nitrogen functional groups attached to an aromatic ring is 1. The number of nitrogens with zero attached hydrogens (tertiary/aromatic N) is 1. The lowest BCUT2D eigenvalue weighted by Crippen LogP contribution is -2.34. The molecule has 4 nitrogen and oxygen atoms in total. The first-order valence-electron chi connectivity index (χ1n) is 5.78. The highest BCUT2D eigenvalue weighted by Crippen LogP contribution is 2.19. The van der Waals surface area contributed by atoms with Gasteiger partial charge in [0.15, 0.2) is 0 Å². The van der Waals surface area contributed by atoms with E-state index in [0.717, 1.165) is 5.06 Å². The van der Waals surface area contributed by atoms with Crippen LogP contribution >= 0.6 is 0 Å². The molecule has 0 aromatic heterocycles. The highest BCUT2D eigenvalue weighted by molar-refractivity contribution is 5.95. The number of rotatable bonds is 4. The lowest BCUT2D eigenvalue weighted by atomic mass is 10.1. The lowest BCUT2D eigenvalue weighted by Gasteiger charge is -2.22. The van der Waals surface area contributed by atoms with Gasteiger partial charge in [0.05, 0.1) is 19.2 Å². The predicted molar refractivity (Wildman–Crippen MR) is 68.4 cm³/mol. The van der Waals surface area contributed by atoms with Crippen molar-refractivity contribution < 1.29 is 14.0 Å². The van der Waals surface area contributed by atoms with E-state index in [0.29, 0.717) is 17.8 Å². The zero-order chi connectivity index (χ0) is 13.9. The number of anilines is 1. The van der Waals surface area contributed by atoms with E-state index in [-0.39, 0.29) is 11.5 Å². The molecule has 1 aromatic rings. The highest BCUT2D eigenvalue weighted by Gasteiger charge is 2.21. The molecule has 0 aliphatic heterocycles. The summed E-state index contributed by atoms with van der Waals surface area (Å²) in [6.07, 6.45) is 0. The zero-order valence-electron chi connectivity index (χ0n) is 11.2. The molecule has 1 rings (SSSR count). The van der Waals surface area contributed by atoms with E-state index in [1.165, 1.54) is 19.2 Å². The fraction of sp³-hybridized carbons (Fsp3) is 0.462. The van der Waals surface area contributed by atoms with Gasteiger partial charge < -0.3 is 5.73 Å². The van der Waals surface area contributed by atoms with Crippen molar-refractivity contribution in [3.05, 3.63) is 29.1 Å². The number of amides is 1. The van der Waals surface area contributed by atoms with Crippen molar-refractivity contribution in [3.63, 3.8) is 0 Å². The molecule has 0 radical (unpaired) electrons. The van der Waals surface area contributed by atoms with Gasteiger partial charge >= 0.3 is 0 Å². The maximum atomic E-state index is 13.9. The van der Waals surface area contributed by atoms with Crippen molar-refractivity contribution in [2.24, 2.45) is 5.92 Å². The van der Waals surface area contributed by atoms with E-state index in [9.17, 15) is 9.18 Å². The number of aryl methyl sites for hydroxylation is 1. The van der Waals surface area contributed by atoms with Gasteiger partial charge in [-0.2, -0.15) is 0 Å². The van der Waals surface area contributed by atoms with Gasteiger partial charge in [0, 0.05) is 5.69 Å². The van der Waals surface area contributed by atoms with Gasteiger partial charge in [-0.15, -0.1) is 0 Å². The van der Waals surface area contributed by atoms with E-state index in [1.807, 2.05) is 13.8 Å². The van der Waals surface area contributed by atoms with E-state index in [2.05, 4.69) is 0 Å². The fourth-order valence-corrected chi connectivity index (χ4v) is 1.66. The molecule has 1 amide bonds. The van der Waals surface area contributed by atoms with Crippen LogP contribution in [0.3, 0.4) is 0 Å². The van der Waals surface area contributed by atoms with Crippen LogP contribution in [0.25, 0.3) is 0 Å². The van der Waals surface area contributed by atoms with Gasteiger partial charge in [-0.05, 0) is 30.5 Å². The van der Waals surface area contributed by atoms with Gasteiger partial charge in [-0.25, -0.2) is 9.45 Å². The van der Waals surface area contributed by atoms with Crippen LogP contribution in [0.5, 0.6) is 0 Å². The molecule has 0 fully saturated rings. The Balaban J connectivity index is 3.09. The molecule has 18 heavy (non-hydrogen) atoms. The Hall–Kier alpha value is -1.62. The number of hydrogen-bond donors (Lipinski definition) is 1. The number of carbonyl (C=O) groups is 1. The first kappa shape index (κ1) is 14.4. The van der Waals surface area contributed by atoms with Gasteiger partial charge in [-0.1, -0.05) is 13.8 Å². The number of nitrogens with two attached hydrogens (primary N) is 1. The number of hydrogen-bond acceptors (Lipinski definition) is 3. The van der Waals surface area contributed by atoms with Gasteiger partial charge in [0.2, 0.25) is 0 Å². The molecular weight excluding hydrogens is 235 g/mol. The predicted octanol–water partition coefficient (Wildman–Crippen LogP) is 2.38. The molecule has 0 heterocycles. The van der Waals surface area contributed by atoms with E-state index in [4.69, 9.17) is 10.6 Å². The maximum Gasteiger partial charge on any atom is 0.280 e. The summed E-state index contributed by atoms with van der Waals surface area (Å²) in [7, 11) is 1.39. The Morgan fingerprint density at radius 1 is 1.50 bits per heavy atom. The van der Waals surface area contributed by atoms with Crippen LogP contribution in [0.4, 0.5) is 10.1 Å². The van der Waals surface area contributed by atoms with Crippen molar-refractivity contribution in [2.45, 2.75) is 20.8 Å². The summed E-state index contributed by atoms with van der Waals surface area (Å²) in [5, 5.41) is 1.14. The SMILES string of the molecule is CON(CC(C)C)C(=O)c1cc(N)cc(C)c1F. The van der Waals surface area contributed by atoms with Crippen molar-refractivity contribution in [1.29, 1.82) is 0 Å². The highest BCUT2D eigenvalue weighted by atomic mass is 19.1. The molecule has 0 aliphatic rings. The largest absolute Gasteiger partial charge is 0.399 e. The van der Waals surface area contributed by atoms with Crippen molar-refractivity contribution in [2.75, 3.05) is 19.4 Å². The molecule has 0 atom stereocenters. The maximum absolute atomic E-state index is 13.9. The Morgan fingerprint density at radius 3 is 2.61 bits per heavy atom. The topological polar surface area (TPSA) is 55.6 Å². The first-order chi connectivity index (χ1) is 8.36. The van der Waals surface area contributed by atoms with Crippen LogP contribution in [0.1, 0.15) is 29.8 Å². The lowest BCUT2D eigenvalue weighted by molar-refractivity contribution is -0.101. The molecular formula is C13H19FN2O2. The minimum Gasteiger partial charge on any atom is -0.399 e. The molecule has 100 valence electrons. The second kappa shape index (κ2) is 5.82. The van der Waals surface area contributed by atoms with Crippen molar-refractivity contribution in [1.82, 2.24) is 5.06 Å². The van der Waals surface area contributed by atoms with Gasteiger partial charge in [-0.3, -0.25) is 9.63 Å². The normalized spacial score (nSPS) is 10.8. The number of benzene rings is 1. The molecule has 0 saturated heterocycles. The molecule has 0 saturated carbocycles. The van der Waals surface area contributed by atoms with E-state index < -0.39 is 11.7 Å². The Bertz CT molecular complexity index is 447. The zero-order valence-corrected chi connectivity index (χ0v) is 11.2. The summed E-state index contributed by atoms with van der Waals surface area (Å²) in [5.41, 5.74) is 6.28. The Kier molecular flexibility index (Phi) is 4.67. The average molecular weight is 254 g/mol. The smallest absolute Gasteiger partial charge is 0.280 e. The summed E-state index contributed by atoms with van der Waals surface area (Å²) in [5.74, 6) is -0.849. The van der Waals surface area contributed by atoms with Crippen molar-refractivity contribution >= 4 is 11.6 Å². The van der Waals surface area contributed by atoms with Crippen LogP contribution in [-0.2, 0) is 4.84 Å². The van der Waals surface area contributed by atoms with Crippen LogP contribution < -0.4 is 5.73 Å². The monoisotopic (exact) mass is 254 g/mol. The Morgan fingerprint density at radius 2 is 2.11 bits per heavy atom. The van der Waals surface area contributed by atoms with Crippen molar-refractivity contribution in [3.8, 4) is 0 Å². The number of halogens is 1. The molecule has 0 aliphatic carbocycles. The molecule has 0 spiro atoms. The molecule has 0 unspecified atom stereocenters. The van der Waals surface area contributed by atoms with E-state index >= 15 is 0 Å². The third kappa shape index (κ3) is 3.20. The third-order valence-corrected chi connectivity index (χ3v) is 2.49. The molecule has 1 aromatic carbocycles.